The Morgan fingerprint density at radius 2 is 2.29 bits per heavy atom. The van der Waals surface area contributed by atoms with E-state index >= 15 is 0 Å². The molecule has 2 aromatic rings. The first-order valence-corrected chi connectivity index (χ1v) is 4.60. The van der Waals surface area contributed by atoms with E-state index in [1.807, 2.05) is 0 Å². The van der Waals surface area contributed by atoms with E-state index in [0.29, 0.717) is 11.1 Å². The van der Waals surface area contributed by atoms with Crippen LogP contribution in [-0.4, -0.2) is 22.6 Å². The summed E-state index contributed by atoms with van der Waals surface area (Å²) in [5.74, 6) is 0.418. The molecule has 0 aliphatic carbocycles. The standard InChI is InChI=1S/C10H8N3O4/c1-17-8-3-2-7(13(15)16)9-6(8)4-5-12(9)10(11)14/h2-4H,1H3,(H2,11,14). The molecule has 1 aromatic carbocycles. The highest BCUT2D eigenvalue weighted by Crippen LogP contribution is 2.33. The number of nitro groups is 1. The van der Waals surface area contributed by atoms with Gasteiger partial charge < -0.3 is 10.5 Å². The largest absolute Gasteiger partial charge is 0.496 e. The summed E-state index contributed by atoms with van der Waals surface area (Å²) in [4.78, 5) is 21.4. The first kappa shape index (κ1) is 10.9. The van der Waals surface area contributed by atoms with Crippen LogP contribution in [0.5, 0.6) is 5.75 Å². The number of ether oxygens (including phenoxy) is 1. The highest BCUT2D eigenvalue weighted by atomic mass is 16.6. The smallest absolute Gasteiger partial charge is 0.324 e. The van der Waals surface area contributed by atoms with Gasteiger partial charge in [-0.25, -0.2) is 4.79 Å². The average molecular weight is 234 g/mol. The predicted octanol–water partition coefficient (Wildman–Crippen LogP) is 1.29. The summed E-state index contributed by atoms with van der Waals surface area (Å²) in [6.45, 7) is 0. The number of hydrogen-bond donors (Lipinski definition) is 1. The summed E-state index contributed by atoms with van der Waals surface area (Å²) < 4.78 is 5.95. The fraction of sp³-hybridized carbons (Fsp3) is 0.100. The van der Waals surface area contributed by atoms with Crippen molar-refractivity contribution in [1.29, 1.82) is 0 Å². The van der Waals surface area contributed by atoms with Crippen molar-refractivity contribution in [3.63, 3.8) is 0 Å². The quantitative estimate of drug-likeness (QED) is 0.624. The van der Waals surface area contributed by atoms with Crippen LogP contribution in [0, 0.1) is 16.3 Å². The molecular formula is C10H8N3O4. The summed E-state index contributed by atoms with van der Waals surface area (Å²) in [7, 11) is 1.43. The number of nitrogens with two attached hydrogens (primary N) is 1. The second-order valence-electron chi connectivity index (χ2n) is 3.25. The van der Waals surface area contributed by atoms with Crippen molar-refractivity contribution in [3.05, 3.63) is 34.5 Å². The van der Waals surface area contributed by atoms with Crippen LogP contribution in [0.1, 0.15) is 0 Å². The molecule has 0 fully saturated rings. The number of fused-ring (bicyclic) bond motifs is 1. The van der Waals surface area contributed by atoms with Crippen LogP contribution in [-0.2, 0) is 0 Å². The van der Waals surface area contributed by atoms with Crippen LogP contribution in [0.3, 0.4) is 0 Å². The lowest BCUT2D eigenvalue weighted by molar-refractivity contribution is -0.383. The molecule has 1 heterocycles. The van der Waals surface area contributed by atoms with Crippen molar-refractivity contribution >= 4 is 22.6 Å². The summed E-state index contributed by atoms with van der Waals surface area (Å²) in [6.07, 6.45) is 2.54. The van der Waals surface area contributed by atoms with Crippen molar-refractivity contribution < 1.29 is 14.5 Å². The molecule has 1 amide bonds. The number of hydrogen-bond acceptors (Lipinski definition) is 4. The molecule has 0 aliphatic heterocycles. The zero-order chi connectivity index (χ0) is 12.6. The molecule has 0 saturated carbocycles. The number of non-ortho nitro benzene ring substituents is 1. The number of primary amides is 1. The van der Waals surface area contributed by atoms with Gasteiger partial charge in [-0.05, 0) is 12.1 Å². The highest BCUT2D eigenvalue weighted by Gasteiger charge is 2.20. The predicted molar refractivity (Wildman–Crippen MR) is 59.0 cm³/mol. The van der Waals surface area contributed by atoms with Crippen LogP contribution in [0.4, 0.5) is 10.5 Å². The zero-order valence-corrected chi connectivity index (χ0v) is 8.84. The molecular weight excluding hydrogens is 226 g/mol. The van der Waals surface area contributed by atoms with Crippen LogP contribution in [0.25, 0.3) is 10.9 Å². The second kappa shape index (κ2) is 3.78. The third kappa shape index (κ3) is 1.57. The first-order valence-electron chi connectivity index (χ1n) is 4.60. The van der Waals surface area contributed by atoms with Gasteiger partial charge >= 0.3 is 6.03 Å². The molecule has 87 valence electrons. The minimum Gasteiger partial charge on any atom is -0.496 e. The Morgan fingerprint density at radius 1 is 1.59 bits per heavy atom. The number of nitrogens with zero attached hydrogens (tertiary/aromatic N) is 2. The minimum atomic E-state index is -0.837. The Balaban J connectivity index is 2.89. The Morgan fingerprint density at radius 3 is 2.82 bits per heavy atom. The fourth-order valence-electron chi connectivity index (χ4n) is 1.65. The van der Waals surface area contributed by atoms with Gasteiger partial charge in [-0.2, -0.15) is 0 Å². The molecule has 2 rings (SSSR count). The van der Waals surface area contributed by atoms with Gasteiger partial charge in [-0.3, -0.25) is 14.7 Å². The number of rotatable bonds is 2. The molecule has 2 N–H and O–H groups in total. The van der Waals surface area contributed by atoms with E-state index in [4.69, 9.17) is 10.5 Å². The molecule has 0 unspecified atom stereocenters. The van der Waals surface area contributed by atoms with Gasteiger partial charge in [-0.15, -0.1) is 0 Å². The van der Waals surface area contributed by atoms with Gasteiger partial charge in [-0.1, -0.05) is 0 Å². The lowest BCUT2D eigenvalue weighted by Crippen LogP contribution is -2.18. The van der Waals surface area contributed by atoms with E-state index in [1.165, 1.54) is 25.3 Å². The van der Waals surface area contributed by atoms with Crippen molar-refractivity contribution in [3.8, 4) is 5.75 Å². The average Bonchev–Trinajstić information content (AvgIpc) is 2.71. The second-order valence-corrected chi connectivity index (χ2v) is 3.25. The molecule has 0 aliphatic rings. The van der Waals surface area contributed by atoms with Gasteiger partial charge in [0.05, 0.1) is 18.2 Å². The highest BCUT2D eigenvalue weighted by molar-refractivity contribution is 5.99. The van der Waals surface area contributed by atoms with E-state index in [0.717, 1.165) is 4.57 Å². The Hall–Kier alpha value is -2.57. The number of methoxy groups -OCH3 is 1. The molecule has 17 heavy (non-hydrogen) atoms. The van der Waals surface area contributed by atoms with Crippen molar-refractivity contribution in [2.24, 2.45) is 5.73 Å². The van der Waals surface area contributed by atoms with Gasteiger partial charge in [0.1, 0.15) is 11.3 Å². The number of carbonyl (C=O) groups is 1. The molecule has 0 atom stereocenters. The Kier molecular flexibility index (Phi) is 2.43. The van der Waals surface area contributed by atoms with Crippen LogP contribution >= 0.6 is 0 Å². The molecule has 1 aromatic heterocycles. The monoisotopic (exact) mass is 234 g/mol. The molecule has 0 bridgehead atoms. The van der Waals surface area contributed by atoms with E-state index in [-0.39, 0.29) is 11.2 Å². The maximum atomic E-state index is 11.1. The van der Waals surface area contributed by atoms with Crippen LogP contribution in [0.15, 0.2) is 18.2 Å². The van der Waals surface area contributed by atoms with Crippen molar-refractivity contribution in [2.75, 3.05) is 7.11 Å². The summed E-state index contributed by atoms with van der Waals surface area (Å²) >= 11 is 0. The van der Waals surface area contributed by atoms with E-state index in [2.05, 4.69) is 6.20 Å². The van der Waals surface area contributed by atoms with E-state index < -0.39 is 11.0 Å². The summed E-state index contributed by atoms with van der Waals surface area (Å²) in [5, 5.41) is 11.3. The Bertz CT molecular complexity index is 617. The zero-order valence-electron chi connectivity index (χ0n) is 8.84. The topological polar surface area (TPSA) is 100 Å². The summed E-state index contributed by atoms with van der Waals surface area (Å²) in [5.41, 5.74) is 4.98. The fourth-order valence-corrected chi connectivity index (χ4v) is 1.65. The third-order valence-corrected chi connectivity index (χ3v) is 2.35. The van der Waals surface area contributed by atoms with E-state index in [9.17, 15) is 14.9 Å². The van der Waals surface area contributed by atoms with E-state index in [1.54, 1.807) is 0 Å². The van der Waals surface area contributed by atoms with Crippen LogP contribution < -0.4 is 10.5 Å². The lowest BCUT2D eigenvalue weighted by atomic mass is 10.2. The maximum Gasteiger partial charge on any atom is 0.324 e. The molecule has 7 nitrogen and oxygen atoms in total. The number of benzene rings is 1. The van der Waals surface area contributed by atoms with Gasteiger partial charge in [0, 0.05) is 11.5 Å². The molecule has 0 spiro atoms. The molecule has 7 heteroatoms. The van der Waals surface area contributed by atoms with Crippen molar-refractivity contribution in [1.82, 2.24) is 4.57 Å². The molecule has 0 saturated heterocycles. The van der Waals surface area contributed by atoms with Crippen molar-refractivity contribution in [2.45, 2.75) is 0 Å². The number of amides is 1. The minimum absolute atomic E-state index is 0.0850. The number of aromatic nitrogens is 1. The summed E-state index contributed by atoms with van der Waals surface area (Å²) in [6, 6.07) is 3.30. The maximum absolute atomic E-state index is 11.1. The Labute approximate surface area is 95.5 Å². The SMILES string of the molecule is COc1ccc([N+](=O)[O-])c2c1c[c]n2C(N)=O. The normalized spacial score (nSPS) is 10.4. The van der Waals surface area contributed by atoms with Crippen LogP contribution in [0.2, 0.25) is 0 Å². The third-order valence-electron chi connectivity index (χ3n) is 2.35. The van der Waals surface area contributed by atoms with Gasteiger partial charge in [0.15, 0.2) is 0 Å². The van der Waals surface area contributed by atoms with Gasteiger partial charge in [0.25, 0.3) is 5.69 Å². The van der Waals surface area contributed by atoms with Gasteiger partial charge in [0.2, 0.25) is 0 Å². The molecule has 1 radical (unpaired) electrons. The first-order chi connectivity index (χ1) is 8.06. The number of nitro benzene ring substituents is 1. The lowest BCUT2D eigenvalue weighted by Gasteiger charge is -2.04. The number of carbonyl (C=O) groups excluding carboxylic acids is 1.